The molecule has 10 N–H and O–H groups in total. The van der Waals surface area contributed by atoms with Crippen LogP contribution in [0.25, 0.3) is 0 Å². The highest BCUT2D eigenvalue weighted by atomic mass is 16.6. The van der Waals surface area contributed by atoms with Crippen molar-refractivity contribution in [3.63, 3.8) is 0 Å². The average Bonchev–Trinajstić information content (AvgIpc) is 1.49. The molecule has 0 aromatic carbocycles. The van der Waals surface area contributed by atoms with E-state index in [4.69, 9.17) is 28.7 Å². The van der Waals surface area contributed by atoms with E-state index in [9.17, 15) is 4.79 Å². The summed E-state index contributed by atoms with van der Waals surface area (Å²) in [6.45, 7) is 1.32. The van der Waals surface area contributed by atoms with E-state index in [-0.39, 0.29) is 6.42 Å². The molecule has 0 fully saturated rings. The van der Waals surface area contributed by atoms with Gasteiger partial charge in [-0.25, -0.2) is 0 Å². The molecule has 0 radical (unpaired) electrons. The Kier molecular flexibility index (Phi) is 3.13. The van der Waals surface area contributed by atoms with Gasteiger partial charge in [0.25, 0.3) is 0 Å². The van der Waals surface area contributed by atoms with Gasteiger partial charge in [-0.2, -0.15) is 0 Å². The summed E-state index contributed by atoms with van der Waals surface area (Å²) in [5.41, 5.74) is 25.7. The van der Waals surface area contributed by atoms with Crippen LogP contribution >= 0.6 is 0 Å². The van der Waals surface area contributed by atoms with Crippen molar-refractivity contribution in [2.75, 3.05) is 0 Å². The Morgan fingerprint density at radius 2 is 1.67 bits per heavy atom. The average molecular weight is 177 g/mol. The first-order valence-electron chi connectivity index (χ1n) is 3.26. The van der Waals surface area contributed by atoms with Crippen LogP contribution in [0.4, 0.5) is 0 Å². The van der Waals surface area contributed by atoms with Crippen LogP contribution in [-0.2, 0) is 9.53 Å². The van der Waals surface area contributed by atoms with Crippen LogP contribution in [-0.4, -0.2) is 17.6 Å². The maximum Gasteiger partial charge on any atom is 0.313 e. The number of nitrogens with two attached hydrogens (primary N) is 5. The summed E-state index contributed by atoms with van der Waals surface area (Å²) in [6, 6.07) is 0. The monoisotopic (exact) mass is 177 g/mol. The van der Waals surface area contributed by atoms with Crippen molar-refractivity contribution in [2.45, 2.75) is 25.0 Å². The first-order valence-corrected chi connectivity index (χ1v) is 3.26. The summed E-state index contributed by atoms with van der Waals surface area (Å²) in [6.07, 6.45) is -0.350. The minimum Gasteiger partial charge on any atom is -0.431 e. The fourth-order valence-electron chi connectivity index (χ4n) is 0.531. The van der Waals surface area contributed by atoms with E-state index < -0.39 is 17.6 Å². The molecule has 0 spiro atoms. The van der Waals surface area contributed by atoms with E-state index in [1.807, 2.05) is 0 Å². The lowest BCUT2D eigenvalue weighted by atomic mass is 10.3. The van der Waals surface area contributed by atoms with Gasteiger partial charge in [0.05, 0.1) is 6.42 Å². The number of hydrogen-bond acceptors (Lipinski definition) is 7. The molecule has 0 aliphatic carbocycles. The van der Waals surface area contributed by atoms with E-state index in [2.05, 4.69) is 4.74 Å². The van der Waals surface area contributed by atoms with Crippen LogP contribution in [0, 0.1) is 0 Å². The molecule has 0 bridgehead atoms. The SMILES string of the molecule is CC(N)(N)OC(=O)CC(N)(N)N. The topological polar surface area (TPSA) is 156 Å². The lowest BCUT2D eigenvalue weighted by Gasteiger charge is -2.22. The lowest BCUT2D eigenvalue weighted by Crippen LogP contribution is -2.60. The Hall–Kier alpha value is -0.730. The molecule has 0 aliphatic rings. The van der Waals surface area contributed by atoms with Crippen LogP contribution in [0.2, 0.25) is 0 Å². The van der Waals surface area contributed by atoms with Gasteiger partial charge in [0, 0.05) is 6.92 Å². The van der Waals surface area contributed by atoms with Crippen LogP contribution < -0.4 is 28.7 Å². The largest absolute Gasteiger partial charge is 0.431 e. The molecule has 0 amide bonds. The summed E-state index contributed by atoms with van der Waals surface area (Å²) in [5, 5.41) is 0. The van der Waals surface area contributed by atoms with Gasteiger partial charge in [-0.15, -0.1) is 0 Å². The van der Waals surface area contributed by atoms with Gasteiger partial charge in [-0.05, 0) is 0 Å². The summed E-state index contributed by atoms with van der Waals surface area (Å²) in [5.74, 6) is -3.86. The fourth-order valence-corrected chi connectivity index (χ4v) is 0.531. The van der Waals surface area contributed by atoms with E-state index in [0.717, 1.165) is 0 Å². The molecule has 12 heavy (non-hydrogen) atoms. The van der Waals surface area contributed by atoms with Crippen molar-refractivity contribution in [1.82, 2.24) is 0 Å². The van der Waals surface area contributed by atoms with Crippen molar-refractivity contribution in [3.8, 4) is 0 Å². The number of carbonyl (C=O) groups is 1. The Balaban J connectivity index is 3.92. The standard InChI is InChI=1S/C5H15N5O2/c1-4(6,7)12-3(11)2-5(8,9)10/h2,6-10H2,1H3. The number of ether oxygens (including phenoxy) is 1. The summed E-state index contributed by atoms with van der Waals surface area (Å²) < 4.78 is 4.49. The fraction of sp³-hybridized carbons (Fsp3) is 0.800. The van der Waals surface area contributed by atoms with Gasteiger partial charge < -0.3 is 21.9 Å². The highest BCUT2D eigenvalue weighted by Gasteiger charge is 2.23. The van der Waals surface area contributed by atoms with Crippen molar-refractivity contribution in [2.24, 2.45) is 28.7 Å². The molecule has 0 unspecified atom stereocenters. The van der Waals surface area contributed by atoms with Gasteiger partial charge in [0.2, 0.25) is 5.85 Å². The van der Waals surface area contributed by atoms with E-state index in [1.54, 1.807) is 0 Å². The minimum absolute atomic E-state index is 0.350. The van der Waals surface area contributed by atoms with E-state index in [1.165, 1.54) is 6.92 Å². The van der Waals surface area contributed by atoms with Crippen LogP contribution in [0.1, 0.15) is 13.3 Å². The summed E-state index contributed by atoms with van der Waals surface area (Å²) in [7, 11) is 0. The molecule has 0 saturated heterocycles. The van der Waals surface area contributed by atoms with Crippen molar-refractivity contribution in [1.29, 1.82) is 0 Å². The third-order valence-electron chi connectivity index (χ3n) is 0.784. The quantitative estimate of drug-likeness (QED) is 0.227. The summed E-state index contributed by atoms with van der Waals surface area (Å²) >= 11 is 0. The first kappa shape index (κ1) is 11.3. The number of carbonyl (C=O) groups excluding carboxylic acids is 1. The minimum atomic E-state index is -1.59. The maximum atomic E-state index is 10.9. The molecular formula is C5H15N5O2. The van der Waals surface area contributed by atoms with Gasteiger partial charge in [0.1, 0.15) is 5.79 Å². The summed E-state index contributed by atoms with van der Waals surface area (Å²) in [4.78, 5) is 10.9. The number of esters is 1. The zero-order chi connectivity index (χ0) is 9.99. The molecule has 72 valence electrons. The molecule has 0 atom stereocenters. The third-order valence-corrected chi connectivity index (χ3v) is 0.784. The van der Waals surface area contributed by atoms with Gasteiger partial charge in [-0.1, -0.05) is 0 Å². The molecule has 0 aromatic heterocycles. The Morgan fingerprint density at radius 1 is 1.25 bits per heavy atom. The van der Waals surface area contributed by atoms with Crippen LogP contribution in [0.3, 0.4) is 0 Å². The zero-order valence-electron chi connectivity index (χ0n) is 6.91. The lowest BCUT2D eigenvalue weighted by molar-refractivity contribution is -0.158. The first-order chi connectivity index (χ1) is 5.10. The zero-order valence-corrected chi connectivity index (χ0v) is 6.91. The van der Waals surface area contributed by atoms with Crippen molar-refractivity contribution < 1.29 is 9.53 Å². The Bertz CT molecular complexity index is 150. The second-order valence-corrected chi connectivity index (χ2v) is 2.95. The third kappa shape index (κ3) is 7.38. The highest BCUT2D eigenvalue weighted by Crippen LogP contribution is 1.98. The maximum absolute atomic E-state index is 10.9. The molecule has 0 aliphatic heterocycles. The Morgan fingerprint density at radius 3 is 1.92 bits per heavy atom. The van der Waals surface area contributed by atoms with Crippen molar-refractivity contribution in [3.05, 3.63) is 0 Å². The molecular weight excluding hydrogens is 162 g/mol. The molecule has 0 saturated carbocycles. The molecule has 0 aromatic rings. The van der Waals surface area contributed by atoms with Gasteiger partial charge in [-0.3, -0.25) is 16.3 Å². The van der Waals surface area contributed by atoms with Crippen LogP contribution in [0.5, 0.6) is 0 Å². The molecule has 7 nitrogen and oxygen atoms in total. The van der Waals surface area contributed by atoms with E-state index in [0.29, 0.717) is 0 Å². The number of rotatable bonds is 3. The second kappa shape index (κ2) is 3.33. The normalized spacial score (nSPS) is 12.8. The molecule has 0 heterocycles. The smallest absolute Gasteiger partial charge is 0.313 e. The predicted molar refractivity (Wildman–Crippen MR) is 42.8 cm³/mol. The van der Waals surface area contributed by atoms with Gasteiger partial charge >= 0.3 is 5.97 Å². The Labute approximate surface area is 70.2 Å². The molecule has 0 rings (SSSR count). The number of hydrogen-bond donors (Lipinski definition) is 5. The van der Waals surface area contributed by atoms with Crippen molar-refractivity contribution >= 4 is 5.97 Å². The van der Waals surface area contributed by atoms with Gasteiger partial charge in [0.15, 0.2) is 0 Å². The predicted octanol–water partition coefficient (Wildman–Crippen LogP) is -2.96. The van der Waals surface area contributed by atoms with Crippen LogP contribution in [0.15, 0.2) is 0 Å². The van der Waals surface area contributed by atoms with E-state index >= 15 is 0 Å². The second-order valence-electron chi connectivity index (χ2n) is 2.95. The highest BCUT2D eigenvalue weighted by molar-refractivity contribution is 5.71. The molecule has 7 heteroatoms.